The van der Waals surface area contributed by atoms with Crippen molar-refractivity contribution in [2.45, 2.75) is 161 Å². The summed E-state index contributed by atoms with van der Waals surface area (Å²) < 4.78 is 35.3. The van der Waals surface area contributed by atoms with Crippen LogP contribution in [-0.2, 0) is 27.5 Å². The summed E-state index contributed by atoms with van der Waals surface area (Å²) in [6, 6.07) is 20.6. The normalized spacial score (nSPS) is 21.6. The van der Waals surface area contributed by atoms with E-state index in [9.17, 15) is 4.79 Å². The minimum atomic E-state index is -2.99. The van der Waals surface area contributed by atoms with Crippen LogP contribution in [0, 0.1) is 0 Å². The highest BCUT2D eigenvalue weighted by Gasteiger charge is 2.56. The van der Waals surface area contributed by atoms with Crippen LogP contribution in [-0.4, -0.2) is 72.5 Å². The Morgan fingerprint density at radius 3 is 1.55 bits per heavy atom. The summed E-state index contributed by atoms with van der Waals surface area (Å²) in [5.41, 5.74) is -0.692. The van der Waals surface area contributed by atoms with E-state index in [1.54, 1.807) is 0 Å². The van der Waals surface area contributed by atoms with Crippen molar-refractivity contribution in [2.75, 3.05) is 6.61 Å². The molecule has 1 heterocycles. The molecule has 7 nitrogen and oxygen atoms in total. The zero-order valence-corrected chi connectivity index (χ0v) is 39.5. The zero-order chi connectivity index (χ0) is 40.4. The molecule has 11 heteroatoms. The van der Waals surface area contributed by atoms with Crippen LogP contribution in [0.4, 0.5) is 0 Å². The third-order valence-corrected chi connectivity index (χ3v) is 25.1. The van der Waals surface area contributed by atoms with Gasteiger partial charge in [0, 0.05) is 0 Å². The van der Waals surface area contributed by atoms with Gasteiger partial charge in [0.1, 0.15) is 35.7 Å². The monoisotopic (exact) mass is 799 g/mol. The molecule has 2 aromatic carbocycles. The molecule has 1 N–H and O–H groups in total. The molecule has 1 fully saturated rings. The van der Waals surface area contributed by atoms with Crippen molar-refractivity contribution in [1.82, 2.24) is 5.32 Å². The molecule has 1 aliphatic heterocycles. The summed E-state index contributed by atoms with van der Waals surface area (Å²) in [7, 11) is -7.90. The van der Waals surface area contributed by atoms with Gasteiger partial charge in [-0.05, 0) is 79.4 Å². The maximum atomic E-state index is 13.6. The lowest BCUT2D eigenvalue weighted by atomic mass is 9.95. The molecule has 0 radical (unpaired) electrons. The van der Waals surface area contributed by atoms with Gasteiger partial charge in [0.25, 0.3) is 8.32 Å². The first-order valence-electron chi connectivity index (χ1n) is 19.0. The third kappa shape index (κ3) is 11.0. The Morgan fingerprint density at radius 1 is 0.736 bits per heavy atom. The predicted octanol–water partition coefficient (Wildman–Crippen LogP) is 9.27. The SMILES string of the molecule is CC(=S)N[C@H]1/C(=C/C(=O)OC(C)(C)C)O[C@H](CO[Si](c2ccccc2)(c2ccccc2)C(C)(C)C)[C@H](O[Si](C)(C)C(C)(C)C)[C@@H]1O[Si](C)(C)C(C)(C)C. The Hall–Kier alpha value is -2.13. The van der Waals surface area contributed by atoms with Crippen LogP contribution in [0.15, 0.2) is 72.5 Å². The number of thiocarbonyl (C=S) groups is 1. The van der Waals surface area contributed by atoms with E-state index in [0.29, 0.717) is 10.7 Å². The third-order valence-electron chi connectivity index (χ3n) is 11.0. The summed E-state index contributed by atoms with van der Waals surface area (Å²) >= 11 is 5.68. The molecule has 1 saturated heterocycles. The first-order valence-corrected chi connectivity index (χ1v) is 27.1. The van der Waals surface area contributed by atoms with E-state index < -0.39 is 60.9 Å². The van der Waals surface area contributed by atoms with Crippen LogP contribution >= 0.6 is 12.2 Å². The molecule has 2 aromatic rings. The Morgan fingerprint density at radius 2 is 1.17 bits per heavy atom. The van der Waals surface area contributed by atoms with Crippen molar-refractivity contribution in [1.29, 1.82) is 0 Å². The summed E-state index contributed by atoms with van der Waals surface area (Å²) in [6.07, 6.45) is -0.275. The van der Waals surface area contributed by atoms with E-state index >= 15 is 0 Å². The lowest BCUT2D eigenvalue weighted by Crippen LogP contribution is -2.69. The van der Waals surface area contributed by atoms with Crippen LogP contribution < -0.4 is 15.7 Å². The molecule has 296 valence electrons. The molecule has 0 unspecified atom stereocenters. The van der Waals surface area contributed by atoms with Gasteiger partial charge < -0.3 is 28.1 Å². The minimum Gasteiger partial charge on any atom is -0.487 e. The molecule has 0 bridgehead atoms. The topological polar surface area (TPSA) is 75.3 Å². The molecule has 1 aliphatic rings. The minimum absolute atomic E-state index is 0.104. The predicted molar refractivity (Wildman–Crippen MR) is 232 cm³/mol. The second-order valence-electron chi connectivity index (χ2n) is 19.6. The van der Waals surface area contributed by atoms with Gasteiger partial charge >= 0.3 is 5.97 Å². The van der Waals surface area contributed by atoms with E-state index in [4.69, 9.17) is 35.0 Å². The average Bonchev–Trinajstić information content (AvgIpc) is 2.98. The molecule has 0 saturated carbocycles. The molecule has 0 amide bonds. The van der Waals surface area contributed by atoms with Gasteiger partial charge in [0.05, 0.1) is 17.7 Å². The second kappa shape index (κ2) is 16.5. The Bertz CT molecular complexity index is 1530. The van der Waals surface area contributed by atoms with Crippen LogP contribution in [0.3, 0.4) is 0 Å². The van der Waals surface area contributed by atoms with Gasteiger partial charge in [-0.15, -0.1) is 0 Å². The lowest BCUT2D eigenvalue weighted by Gasteiger charge is -2.52. The fraction of sp³-hybridized carbons (Fsp3) is 0.619. The van der Waals surface area contributed by atoms with Crippen LogP contribution in [0.2, 0.25) is 41.3 Å². The van der Waals surface area contributed by atoms with E-state index in [1.807, 2.05) is 39.8 Å². The van der Waals surface area contributed by atoms with Gasteiger partial charge in [-0.2, -0.15) is 0 Å². The van der Waals surface area contributed by atoms with Crippen molar-refractivity contribution >= 4 is 58.5 Å². The van der Waals surface area contributed by atoms with Crippen LogP contribution in [0.1, 0.15) is 90.0 Å². The highest BCUT2D eigenvalue weighted by atomic mass is 32.1. The number of nitrogens with one attached hydrogen (secondary N) is 1. The fourth-order valence-electron chi connectivity index (χ4n) is 6.23. The number of hydrogen-bond acceptors (Lipinski definition) is 7. The highest BCUT2D eigenvalue weighted by Crippen LogP contribution is 2.44. The largest absolute Gasteiger partial charge is 0.487 e. The summed E-state index contributed by atoms with van der Waals surface area (Å²) in [4.78, 5) is 14.1. The quantitative estimate of drug-likeness (QED) is 0.104. The summed E-state index contributed by atoms with van der Waals surface area (Å²) in [5, 5.41) is 5.35. The zero-order valence-electron chi connectivity index (χ0n) is 35.7. The molecule has 4 atom stereocenters. The number of rotatable bonds is 11. The second-order valence-corrected chi connectivity index (χ2v) is 34.0. The van der Waals surface area contributed by atoms with Crippen molar-refractivity contribution in [2.24, 2.45) is 0 Å². The average molecular weight is 800 g/mol. The summed E-state index contributed by atoms with van der Waals surface area (Å²) in [5.74, 6) is -0.0962. The number of hydrogen-bond donors (Lipinski definition) is 1. The number of esters is 1. The smallest absolute Gasteiger partial charge is 0.334 e. The number of carbonyl (C=O) groups excluding carboxylic acids is 1. The molecule has 0 spiro atoms. The molecule has 0 aliphatic carbocycles. The first kappa shape index (κ1) is 45.3. The molecule has 3 rings (SSSR count). The van der Waals surface area contributed by atoms with Gasteiger partial charge in [0.15, 0.2) is 16.6 Å². The Kier molecular flexibility index (Phi) is 14.1. The number of ether oxygens (including phenoxy) is 2. The molecular formula is C42H69NO6SSi3. The fourth-order valence-corrected chi connectivity index (χ4v) is 13.6. The molecule has 0 aromatic heterocycles. The number of carbonyl (C=O) groups is 1. The van der Waals surface area contributed by atoms with Gasteiger partial charge in [-0.1, -0.05) is 135 Å². The standard InChI is InChI=1S/C42H69NO6SSi3/c1-30(50)43-36-33(28-35(44)47-39(2,3)4)46-34(37(48-51(14,15)40(5,6)7)38(36)49-52(16,17)41(8,9)10)29-45-53(42(11,12)13,31-24-20-18-21-25-31)32-26-22-19-23-27-32/h18-28,34,36-38H,29H2,1-17H3,(H,43,50)/b33-28-/t34-,36+,37+,38-/m1/s1. The van der Waals surface area contributed by atoms with E-state index in [1.165, 1.54) is 16.4 Å². The van der Waals surface area contributed by atoms with E-state index in [-0.39, 0.29) is 21.7 Å². The van der Waals surface area contributed by atoms with Gasteiger partial charge in [-0.3, -0.25) is 0 Å². The van der Waals surface area contributed by atoms with Gasteiger partial charge in [0.2, 0.25) is 0 Å². The Balaban J connectivity index is 2.36. The lowest BCUT2D eigenvalue weighted by molar-refractivity contribution is -0.150. The first-order chi connectivity index (χ1) is 24.0. The highest BCUT2D eigenvalue weighted by molar-refractivity contribution is 7.80. The Labute approximate surface area is 330 Å². The van der Waals surface area contributed by atoms with Crippen molar-refractivity contribution < 1.29 is 27.5 Å². The van der Waals surface area contributed by atoms with E-state index in [2.05, 4.69) is 142 Å². The maximum absolute atomic E-state index is 13.6. The van der Waals surface area contributed by atoms with Crippen molar-refractivity contribution in [3.05, 3.63) is 72.5 Å². The molecular weight excluding hydrogens is 731 g/mol. The van der Waals surface area contributed by atoms with E-state index in [0.717, 1.165) is 0 Å². The van der Waals surface area contributed by atoms with Gasteiger partial charge in [-0.25, -0.2) is 4.79 Å². The number of benzene rings is 2. The maximum Gasteiger partial charge on any atom is 0.334 e. The van der Waals surface area contributed by atoms with Crippen LogP contribution in [0.5, 0.6) is 0 Å². The van der Waals surface area contributed by atoms with Crippen molar-refractivity contribution in [3.63, 3.8) is 0 Å². The van der Waals surface area contributed by atoms with Crippen LogP contribution in [0.25, 0.3) is 0 Å². The summed E-state index contributed by atoms with van der Waals surface area (Å²) in [6.45, 7) is 36.9. The van der Waals surface area contributed by atoms with Crippen molar-refractivity contribution in [3.8, 4) is 0 Å². The molecule has 53 heavy (non-hydrogen) atoms.